The molecular weight excluding hydrogens is 495 g/mol. The quantitative estimate of drug-likeness (QED) is 0.0503. The molecule has 0 N–H and O–H groups in total. The molecule has 0 unspecified atom stereocenters. The van der Waals surface area contributed by atoms with Gasteiger partial charge in [-0.25, -0.2) is 0 Å². The summed E-state index contributed by atoms with van der Waals surface area (Å²) < 4.78 is 0. The molecule has 0 fully saturated rings. The molecular formula is C34H50N2Ni. The molecule has 3 heteroatoms. The number of unbranched alkanes of at least 4 members (excludes halogenated alkanes) is 5. The van der Waals surface area contributed by atoms with Crippen LogP contribution < -0.4 is 0 Å². The van der Waals surface area contributed by atoms with Gasteiger partial charge in [-0.05, 0) is 60.4 Å². The molecule has 0 radical (unpaired) electrons. The number of hydrogen-bond acceptors (Lipinski definition) is 0. The van der Waals surface area contributed by atoms with E-state index in [0.717, 1.165) is 19.3 Å². The summed E-state index contributed by atoms with van der Waals surface area (Å²) in [6.45, 7) is 11.1. The summed E-state index contributed by atoms with van der Waals surface area (Å²) in [4.78, 5) is 3.11. The third-order valence-electron chi connectivity index (χ3n) is 6.20. The van der Waals surface area contributed by atoms with E-state index in [1.54, 1.807) is 0 Å². The van der Waals surface area contributed by atoms with Crippen LogP contribution in [0.4, 0.5) is 0 Å². The van der Waals surface area contributed by atoms with Gasteiger partial charge in [0.2, 0.25) is 0 Å². The van der Waals surface area contributed by atoms with E-state index in [0.29, 0.717) is 0 Å². The molecule has 0 aromatic heterocycles. The Hall–Kier alpha value is -2.17. The predicted molar refractivity (Wildman–Crippen MR) is 159 cm³/mol. The normalized spacial score (nSPS) is 11.2. The summed E-state index contributed by atoms with van der Waals surface area (Å²) in [6, 6.07) is 17.6. The van der Waals surface area contributed by atoms with Crippen LogP contribution >= 0.6 is 0 Å². The van der Waals surface area contributed by atoms with Crippen molar-refractivity contribution in [1.82, 2.24) is 0 Å². The molecule has 2 rings (SSSR count). The summed E-state index contributed by atoms with van der Waals surface area (Å²) in [7, 11) is 0. The van der Waals surface area contributed by atoms with Gasteiger partial charge in [0.05, 0.1) is 6.08 Å². The van der Waals surface area contributed by atoms with Gasteiger partial charge in [0, 0.05) is 0 Å². The molecule has 0 saturated heterocycles. The zero-order valence-electron chi connectivity index (χ0n) is 24.1. The molecule has 2 aromatic carbocycles. The monoisotopic (exact) mass is 544 g/mol. The molecule has 206 valence electrons. The molecule has 0 spiro atoms. The van der Waals surface area contributed by atoms with Crippen molar-refractivity contribution in [2.75, 3.05) is 0 Å². The Morgan fingerprint density at radius 3 is 2.05 bits per heavy atom. The zero-order chi connectivity index (χ0) is 27.1. The first kappa shape index (κ1) is 32.9. The van der Waals surface area contributed by atoms with Crippen molar-refractivity contribution in [3.63, 3.8) is 0 Å². The van der Waals surface area contributed by atoms with Crippen molar-refractivity contribution in [2.45, 2.75) is 116 Å². The molecule has 0 aliphatic carbocycles. The summed E-state index contributed by atoms with van der Waals surface area (Å²) in [5.74, 6) is 2.65. The van der Waals surface area contributed by atoms with Gasteiger partial charge in [0.25, 0.3) is 5.87 Å². The minimum atomic E-state index is 0.943. The van der Waals surface area contributed by atoms with Gasteiger partial charge in [0.1, 0.15) is 0 Å². The van der Waals surface area contributed by atoms with Crippen LogP contribution in [0.2, 0.25) is 10.8 Å². The van der Waals surface area contributed by atoms with E-state index >= 15 is 0 Å². The Bertz CT molecular complexity index is 971. The topological polar surface area (TPSA) is 36.4 Å². The van der Waals surface area contributed by atoms with E-state index < -0.39 is 0 Å². The Balaban J connectivity index is 0.000000649. The fourth-order valence-electron chi connectivity index (χ4n) is 3.92. The summed E-state index contributed by atoms with van der Waals surface area (Å²) in [6.07, 6.45) is 15.3. The standard InChI is InChI=1S/C26H32N2.2C4H9.Ni/c1-4-6-8-12-23(18-19-28-27)26(24-16-14-21(3)15-17-24)25-13-9-11-22(20-25)10-7-5-2;2*1-3-4-2;/h9,11,13-18,20H,4-8,10,12H2,1-3H3;2*1,3-4H2,2H3;. The van der Waals surface area contributed by atoms with Crippen molar-refractivity contribution in [1.29, 1.82) is 0 Å². The maximum absolute atomic E-state index is 8.95. The van der Waals surface area contributed by atoms with Crippen molar-refractivity contribution in [3.05, 3.63) is 88.0 Å². The minimum absolute atomic E-state index is 0.943. The van der Waals surface area contributed by atoms with E-state index in [1.807, 2.05) is 20.5 Å². The molecule has 2 aromatic rings. The van der Waals surface area contributed by atoms with E-state index in [-0.39, 0.29) is 0 Å². The Labute approximate surface area is 234 Å². The van der Waals surface area contributed by atoms with Gasteiger partial charge in [-0.2, -0.15) is 0 Å². The second-order valence-corrected chi connectivity index (χ2v) is 11.1. The third kappa shape index (κ3) is 14.4. The molecule has 0 aliphatic rings. The molecule has 0 heterocycles. The van der Waals surface area contributed by atoms with Crippen LogP contribution in [-0.4, -0.2) is 10.7 Å². The Kier molecular flexibility index (Phi) is 19.4. The van der Waals surface area contributed by atoms with Crippen LogP contribution in [0.25, 0.3) is 11.1 Å². The average Bonchev–Trinajstić information content (AvgIpc) is 2.92. The second kappa shape index (κ2) is 21.9. The van der Waals surface area contributed by atoms with Crippen LogP contribution in [0.3, 0.4) is 0 Å². The van der Waals surface area contributed by atoms with Gasteiger partial charge in [-0.1, -0.05) is 87.2 Å². The van der Waals surface area contributed by atoms with Crippen LogP contribution in [0, 0.1) is 6.92 Å². The van der Waals surface area contributed by atoms with Gasteiger partial charge in [-0.15, -0.1) is 4.79 Å². The molecule has 0 amide bonds. The average molecular weight is 545 g/mol. The fraction of sp³-hybridized carbons (Fsp3) is 0.529. The maximum atomic E-state index is 8.95. The van der Waals surface area contributed by atoms with E-state index in [4.69, 9.17) is 5.53 Å². The van der Waals surface area contributed by atoms with E-state index in [1.165, 1.54) is 95.5 Å². The number of benzene rings is 2. The second-order valence-electron chi connectivity index (χ2n) is 9.58. The van der Waals surface area contributed by atoms with Gasteiger partial charge in [0.15, 0.2) is 0 Å². The summed E-state index contributed by atoms with van der Waals surface area (Å²) in [5, 5.41) is 2.78. The van der Waals surface area contributed by atoms with Crippen LogP contribution in [0.5, 0.6) is 0 Å². The number of hydrogen-bond donors (Lipinski definition) is 0. The van der Waals surface area contributed by atoms with Gasteiger partial charge >= 0.3 is 64.8 Å². The molecule has 0 aliphatic heterocycles. The molecule has 0 bridgehead atoms. The molecule has 37 heavy (non-hydrogen) atoms. The fourth-order valence-corrected chi connectivity index (χ4v) is 5.36. The van der Waals surface area contributed by atoms with E-state index in [9.17, 15) is 0 Å². The van der Waals surface area contributed by atoms with Crippen molar-refractivity contribution >= 4 is 11.4 Å². The number of nitrogens with zero attached hydrogens (tertiary/aromatic N) is 2. The summed E-state index contributed by atoms with van der Waals surface area (Å²) >= 11 is 1.94. The number of rotatable bonds is 16. The van der Waals surface area contributed by atoms with Crippen LogP contribution in [-0.2, 0) is 20.9 Å². The van der Waals surface area contributed by atoms with Crippen LogP contribution in [0.15, 0.2) is 60.2 Å². The number of allylic oxidation sites excluding steroid dienone is 2. The zero-order valence-corrected chi connectivity index (χ0v) is 25.1. The SMILES string of the molecule is CCCCCC(C=C=[N+]=[N-])=C(c1ccc(C)cc1)c1cccc(CCCC)c1.CCC[CH2][Ni][CH2]CCC. The first-order valence-electron chi connectivity index (χ1n) is 14.4. The predicted octanol–water partition coefficient (Wildman–Crippen LogP) is 10.7. The van der Waals surface area contributed by atoms with Crippen molar-refractivity contribution in [3.8, 4) is 0 Å². The molecule has 0 saturated carbocycles. The van der Waals surface area contributed by atoms with Gasteiger partial charge in [-0.3, -0.25) is 0 Å². The summed E-state index contributed by atoms with van der Waals surface area (Å²) in [5.41, 5.74) is 16.4. The van der Waals surface area contributed by atoms with Crippen molar-refractivity contribution < 1.29 is 19.2 Å². The third-order valence-corrected chi connectivity index (χ3v) is 7.59. The first-order chi connectivity index (χ1) is 18.1. The first-order valence-corrected chi connectivity index (χ1v) is 15.8. The Morgan fingerprint density at radius 1 is 0.811 bits per heavy atom. The molecule has 2 nitrogen and oxygen atoms in total. The van der Waals surface area contributed by atoms with E-state index in [2.05, 4.69) is 93.8 Å². The van der Waals surface area contributed by atoms with Crippen LogP contribution in [0.1, 0.15) is 114 Å². The number of aryl methyl sites for hydroxylation is 2. The Morgan fingerprint density at radius 2 is 1.46 bits per heavy atom. The van der Waals surface area contributed by atoms with Gasteiger partial charge < -0.3 is 5.53 Å². The van der Waals surface area contributed by atoms with Crippen molar-refractivity contribution in [2.24, 2.45) is 0 Å². The molecule has 0 atom stereocenters.